The molecule has 0 aromatic carbocycles. The maximum Gasteiger partial charge on any atom is 0.224 e. The molecule has 2 N–H and O–H groups in total. The summed E-state index contributed by atoms with van der Waals surface area (Å²) in [5, 5.41) is 0. The van der Waals surface area contributed by atoms with E-state index in [9.17, 15) is 4.79 Å². The summed E-state index contributed by atoms with van der Waals surface area (Å²) in [7, 11) is 1.97. The SMILES string of the molecule is CC1CCCC(N(C)C(=O)CC2(N)CCC2)C1. The molecule has 0 radical (unpaired) electrons. The molecular formula is C14H26N2O. The van der Waals surface area contributed by atoms with Gasteiger partial charge in [0.05, 0.1) is 0 Å². The topological polar surface area (TPSA) is 46.3 Å². The molecule has 2 rings (SSSR count). The molecule has 0 heterocycles. The third-order valence-corrected chi connectivity index (χ3v) is 4.70. The van der Waals surface area contributed by atoms with Gasteiger partial charge in [0.15, 0.2) is 0 Å². The van der Waals surface area contributed by atoms with Crippen LogP contribution in [-0.4, -0.2) is 29.4 Å². The van der Waals surface area contributed by atoms with Crippen LogP contribution >= 0.6 is 0 Å². The zero-order chi connectivity index (χ0) is 12.5. The largest absolute Gasteiger partial charge is 0.343 e. The molecule has 3 nitrogen and oxygen atoms in total. The summed E-state index contributed by atoms with van der Waals surface area (Å²) < 4.78 is 0. The van der Waals surface area contributed by atoms with Crippen LogP contribution in [0, 0.1) is 5.92 Å². The molecule has 2 saturated carbocycles. The molecular weight excluding hydrogens is 212 g/mol. The first-order valence-electron chi connectivity index (χ1n) is 7.05. The number of carbonyl (C=O) groups is 1. The fourth-order valence-corrected chi connectivity index (χ4v) is 3.19. The summed E-state index contributed by atoms with van der Waals surface area (Å²) in [6.45, 7) is 2.29. The van der Waals surface area contributed by atoms with Crippen LogP contribution in [0.1, 0.15) is 58.3 Å². The van der Waals surface area contributed by atoms with Gasteiger partial charge in [-0.1, -0.05) is 19.8 Å². The highest BCUT2D eigenvalue weighted by atomic mass is 16.2. The molecule has 2 unspecified atom stereocenters. The van der Waals surface area contributed by atoms with Gasteiger partial charge in [-0.15, -0.1) is 0 Å². The average molecular weight is 238 g/mol. The van der Waals surface area contributed by atoms with E-state index in [1.54, 1.807) is 0 Å². The predicted molar refractivity (Wildman–Crippen MR) is 69.6 cm³/mol. The van der Waals surface area contributed by atoms with E-state index >= 15 is 0 Å². The van der Waals surface area contributed by atoms with Crippen LogP contribution in [0.3, 0.4) is 0 Å². The summed E-state index contributed by atoms with van der Waals surface area (Å²) in [5.74, 6) is 1.02. The Morgan fingerprint density at radius 2 is 2.06 bits per heavy atom. The van der Waals surface area contributed by atoms with E-state index < -0.39 is 0 Å². The number of nitrogens with two attached hydrogens (primary N) is 1. The van der Waals surface area contributed by atoms with Gasteiger partial charge in [-0.2, -0.15) is 0 Å². The fourth-order valence-electron chi connectivity index (χ4n) is 3.19. The second-order valence-electron chi connectivity index (χ2n) is 6.32. The molecule has 0 bridgehead atoms. The molecule has 3 heteroatoms. The zero-order valence-electron chi connectivity index (χ0n) is 11.2. The number of hydrogen-bond donors (Lipinski definition) is 1. The van der Waals surface area contributed by atoms with Crippen molar-refractivity contribution in [1.29, 1.82) is 0 Å². The third kappa shape index (κ3) is 3.01. The van der Waals surface area contributed by atoms with E-state index in [4.69, 9.17) is 5.73 Å². The second kappa shape index (κ2) is 4.97. The molecule has 2 aliphatic rings. The van der Waals surface area contributed by atoms with Gasteiger partial charge in [-0.25, -0.2) is 0 Å². The highest BCUT2D eigenvalue weighted by Crippen LogP contribution is 2.33. The van der Waals surface area contributed by atoms with Crippen molar-refractivity contribution in [2.45, 2.75) is 69.9 Å². The van der Waals surface area contributed by atoms with Crippen molar-refractivity contribution in [3.8, 4) is 0 Å². The number of carbonyl (C=O) groups excluding carboxylic acids is 1. The molecule has 2 aliphatic carbocycles. The molecule has 1 amide bonds. The number of nitrogens with zero attached hydrogens (tertiary/aromatic N) is 1. The van der Waals surface area contributed by atoms with Crippen LogP contribution in [0.2, 0.25) is 0 Å². The van der Waals surface area contributed by atoms with Crippen molar-refractivity contribution in [3.63, 3.8) is 0 Å². The summed E-state index contributed by atoms with van der Waals surface area (Å²) >= 11 is 0. The maximum atomic E-state index is 12.2. The van der Waals surface area contributed by atoms with E-state index in [0.717, 1.165) is 18.8 Å². The van der Waals surface area contributed by atoms with Gasteiger partial charge in [0.1, 0.15) is 0 Å². The second-order valence-corrected chi connectivity index (χ2v) is 6.32. The van der Waals surface area contributed by atoms with Crippen LogP contribution in [0.4, 0.5) is 0 Å². The first-order valence-corrected chi connectivity index (χ1v) is 7.05. The van der Waals surface area contributed by atoms with Crippen molar-refractivity contribution in [3.05, 3.63) is 0 Å². The number of hydrogen-bond acceptors (Lipinski definition) is 2. The number of amides is 1. The quantitative estimate of drug-likeness (QED) is 0.820. The molecule has 0 aliphatic heterocycles. The highest BCUT2D eigenvalue weighted by Gasteiger charge is 2.36. The smallest absolute Gasteiger partial charge is 0.224 e. The Morgan fingerprint density at radius 3 is 2.59 bits per heavy atom. The Kier molecular flexibility index (Phi) is 3.76. The van der Waals surface area contributed by atoms with E-state index in [0.29, 0.717) is 12.5 Å². The first kappa shape index (κ1) is 12.9. The minimum absolute atomic E-state index is 0.175. The zero-order valence-corrected chi connectivity index (χ0v) is 11.2. The Hall–Kier alpha value is -0.570. The molecule has 17 heavy (non-hydrogen) atoms. The van der Waals surface area contributed by atoms with Crippen LogP contribution in [0.15, 0.2) is 0 Å². The monoisotopic (exact) mass is 238 g/mol. The molecule has 2 fully saturated rings. The minimum atomic E-state index is -0.175. The maximum absolute atomic E-state index is 12.2. The lowest BCUT2D eigenvalue weighted by molar-refractivity contribution is -0.134. The molecule has 0 saturated heterocycles. The normalized spacial score (nSPS) is 31.7. The summed E-state index contributed by atoms with van der Waals surface area (Å²) in [6.07, 6.45) is 8.70. The average Bonchev–Trinajstić information content (AvgIpc) is 2.26. The molecule has 0 spiro atoms. The Balaban J connectivity index is 1.85. The Labute approximate surface area is 105 Å². The van der Waals surface area contributed by atoms with Gasteiger partial charge in [0.2, 0.25) is 5.91 Å². The van der Waals surface area contributed by atoms with Crippen LogP contribution in [0.25, 0.3) is 0 Å². The van der Waals surface area contributed by atoms with Crippen LogP contribution in [-0.2, 0) is 4.79 Å². The van der Waals surface area contributed by atoms with Gasteiger partial charge in [-0.3, -0.25) is 4.79 Å². The predicted octanol–water partition coefficient (Wildman–Crippen LogP) is 2.29. The summed E-state index contributed by atoms with van der Waals surface area (Å²) in [5.41, 5.74) is 5.98. The lowest BCUT2D eigenvalue weighted by Gasteiger charge is -2.40. The fraction of sp³-hybridized carbons (Fsp3) is 0.929. The van der Waals surface area contributed by atoms with E-state index in [-0.39, 0.29) is 11.4 Å². The van der Waals surface area contributed by atoms with Crippen LogP contribution in [0.5, 0.6) is 0 Å². The Bertz CT molecular complexity index is 286. The van der Waals surface area contributed by atoms with E-state index in [2.05, 4.69) is 6.92 Å². The first-order chi connectivity index (χ1) is 8.00. The molecule has 98 valence electrons. The van der Waals surface area contributed by atoms with Gasteiger partial charge in [0.25, 0.3) is 0 Å². The van der Waals surface area contributed by atoms with Crippen molar-refractivity contribution in [1.82, 2.24) is 4.90 Å². The highest BCUT2D eigenvalue weighted by molar-refractivity contribution is 5.77. The van der Waals surface area contributed by atoms with Gasteiger partial charge in [0, 0.05) is 25.0 Å². The summed E-state index contributed by atoms with van der Waals surface area (Å²) in [4.78, 5) is 14.2. The van der Waals surface area contributed by atoms with Crippen molar-refractivity contribution in [2.24, 2.45) is 11.7 Å². The van der Waals surface area contributed by atoms with Crippen LogP contribution < -0.4 is 5.73 Å². The lowest BCUT2D eigenvalue weighted by atomic mass is 9.75. The van der Waals surface area contributed by atoms with Gasteiger partial charge >= 0.3 is 0 Å². The summed E-state index contributed by atoms with van der Waals surface area (Å²) in [6, 6.07) is 0.454. The lowest BCUT2D eigenvalue weighted by Crippen LogP contribution is -2.51. The molecule has 0 aromatic rings. The van der Waals surface area contributed by atoms with E-state index in [1.165, 1.54) is 32.1 Å². The standard InChI is InChI=1S/C14H26N2O/c1-11-5-3-6-12(9-11)16(2)13(17)10-14(15)7-4-8-14/h11-12H,3-10,15H2,1-2H3. The number of rotatable bonds is 3. The van der Waals surface area contributed by atoms with Gasteiger partial charge < -0.3 is 10.6 Å². The van der Waals surface area contributed by atoms with Crippen molar-refractivity contribution in [2.75, 3.05) is 7.05 Å². The van der Waals surface area contributed by atoms with E-state index in [1.807, 2.05) is 11.9 Å². The molecule has 2 atom stereocenters. The van der Waals surface area contributed by atoms with Crippen molar-refractivity contribution < 1.29 is 4.79 Å². The molecule has 0 aromatic heterocycles. The third-order valence-electron chi connectivity index (χ3n) is 4.70. The Morgan fingerprint density at radius 1 is 1.35 bits per heavy atom. The van der Waals surface area contributed by atoms with Crippen molar-refractivity contribution >= 4 is 5.91 Å². The van der Waals surface area contributed by atoms with Gasteiger partial charge in [-0.05, 0) is 38.0 Å². The minimum Gasteiger partial charge on any atom is -0.343 e.